The standard InChI is InChI=1S/C27H26N4O/c1-17-29-22-9-7-19(13-23(22)30-17)26(32)25-14-20-12-21(27(2,3)4)8-10-24(20)31(25)16-18-6-5-11-28-15-18/h5-15H,16H2,1-4H3,(H,29,30). The van der Waals surface area contributed by atoms with Crippen molar-refractivity contribution in [2.45, 2.75) is 39.7 Å². The van der Waals surface area contributed by atoms with Gasteiger partial charge in [0.25, 0.3) is 0 Å². The number of aromatic amines is 1. The minimum Gasteiger partial charge on any atom is -0.342 e. The van der Waals surface area contributed by atoms with Gasteiger partial charge in [0.05, 0.1) is 16.7 Å². The molecule has 0 saturated heterocycles. The average Bonchev–Trinajstić information content (AvgIpc) is 3.32. The summed E-state index contributed by atoms with van der Waals surface area (Å²) in [4.78, 5) is 25.6. The molecule has 5 nitrogen and oxygen atoms in total. The van der Waals surface area contributed by atoms with Gasteiger partial charge in [-0.3, -0.25) is 9.78 Å². The Labute approximate surface area is 187 Å². The highest BCUT2D eigenvalue weighted by Gasteiger charge is 2.21. The Morgan fingerprint density at radius 3 is 2.66 bits per heavy atom. The van der Waals surface area contributed by atoms with Crippen LogP contribution in [-0.4, -0.2) is 25.3 Å². The Morgan fingerprint density at radius 1 is 1.06 bits per heavy atom. The molecular weight excluding hydrogens is 396 g/mol. The van der Waals surface area contributed by atoms with Crippen LogP contribution in [0.3, 0.4) is 0 Å². The molecule has 32 heavy (non-hydrogen) atoms. The molecule has 0 aliphatic heterocycles. The molecule has 0 radical (unpaired) electrons. The zero-order valence-electron chi connectivity index (χ0n) is 18.8. The molecule has 0 bridgehead atoms. The van der Waals surface area contributed by atoms with Crippen molar-refractivity contribution in [2.75, 3.05) is 0 Å². The Bertz CT molecular complexity index is 1450. The molecule has 2 aromatic carbocycles. The van der Waals surface area contributed by atoms with Crippen molar-refractivity contribution < 1.29 is 4.79 Å². The maximum atomic E-state index is 13.7. The summed E-state index contributed by atoms with van der Waals surface area (Å²) in [6, 6.07) is 18.1. The monoisotopic (exact) mass is 422 g/mol. The van der Waals surface area contributed by atoms with Gasteiger partial charge in [-0.15, -0.1) is 0 Å². The minimum atomic E-state index is -0.00319. The first-order valence-electron chi connectivity index (χ1n) is 10.8. The first-order chi connectivity index (χ1) is 15.3. The van der Waals surface area contributed by atoms with Crippen molar-refractivity contribution in [1.82, 2.24) is 19.5 Å². The number of benzene rings is 2. The SMILES string of the molecule is Cc1nc2ccc(C(=O)c3cc4cc(C(C)(C)C)ccc4n3Cc3cccnc3)cc2[nH]1. The predicted molar refractivity (Wildman–Crippen MR) is 128 cm³/mol. The van der Waals surface area contributed by atoms with E-state index in [0.29, 0.717) is 17.8 Å². The Morgan fingerprint density at radius 2 is 1.91 bits per heavy atom. The summed E-state index contributed by atoms with van der Waals surface area (Å²) in [5, 5.41) is 1.07. The first kappa shape index (κ1) is 20.2. The number of imidazole rings is 1. The number of hydrogen-bond acceptors (Lipinski definition) is 3. The fourth-order valence-corrected chi connectivity index (χ4v) is 4.20. The van der Waals surface area contributed by atoms with Crippen LogP contribution >= 0.6 is 0 Å². The second-order valence-electron chi connectivity index (χ2n) is 9.38. The Hall–Kier alpha value is -3.73. The molecule has 3 heterocycles. The zero-order chi connectivity index (χ0) is 22.5. The largest absolute Gasteiger partial charge is 0.342 e. The van der Waals surface area contributed by atoms with E-state index in [4.69, 9.17) is 0 Å². The topological polar surface area (TPSA) is 63.6 Å². The average molecular weight is 423 g/mol. The summed E-state index contributed by atoms with van der Waals surface area (Å²) in [6.45, 7) is 9.11. The number of aromatic nitrogens is 4. The Balaban J connectivity index is 1.66. The smallest absolute Gasteiger partial charge is 0.209 e. The van der Waals surface area contributed by atoms with Crippen molar-refractivity contribution in [2.24, 2.45) is 0 Å². The fourth-order valence-electron chi connectivity index (χ4n) is 4.20. The van der Waals surface area contributed by atoms with Gasteiger partial charge in [-0.1, -0.05) is 32.9 Å². The molecule has 0 fully saturated rings. The van der Waals surface area contributed by atoms with Gasteiger partial charge in [-0.05, 0) is 65.9 Å². The number of aryl methyl sites for hydroxylation is 1. The molecule has 5 rings (SSSR count). The lowest BCUT2D eigenvalue weighted by Gasteiger charge is -2.19. The number of nitrogens with zero attached hydrogens (tertiary/aromatic N) is 3. The minimum absolute atomic E-state index is 0.00319. The highest BCUT2D eigenvalue weighted by atomic mass is 16.1. The molecular formula is C27H26N4O. The van der Waals surface area contributed by atoms with Crippen molar-refractivity contribution >= 4 is 27.7 Å². The number of fused-ring (bicyclic) bond motifs is 2. The number of H-pyrrole nitrogens is 1. The van der Waals surface area contributed by atoms with Crippen molar-refractivity contribution in [3.05, 3.63) is 95.2 Å². The molecule has 1 N–H and O–H groups in total. The van der Waals surface area contributed by atoms with Gasteiger partial charge in [0.15, 0.2) is 0 Å². The summed E-state index contributed by atoms with van der Waals surface area (Å²) in [5.41, 5.74) is 6.44. The second kappa shape index (κ2) is 7.45. The van der Waals surface area contributed by atoms with E-state index < -0.39 is 0 Å². The third-order valence-electron chi connectivity index (χ3n) is 5.93. The third kappa shape index (κ3) is 3.60. The van der Waals surface area contributed by atoms with Crippen LogP contribution in [0.25, 0.3) is 21.9 Å². The normalized spacial score (nSPS) is 12.0. The summed E-state index contributed by atoms with van der Waals surface area (Å²) >= 11 is 0. The van der Waals surface area contributed by atoms with Crippen LogP contribution in [0.5, 0.6) is 0 Å². The van der Waals surface area contributed by atoms with Crippen LogP contribution in [0, 0.1) is 6.92 Å². The maximum Gasteiger partial charge on any atom is 0.209 e. The van der Waals surface area contributed by atoms with E-state index in [-0.39, 0.29) is 11.2 Å². The van der Waals surface area contributed by atoms with Gasteiger partial charge in [-0.2, -0.15) is 0 Å². The van der Waals surface area contributed by atoms with Crippen LogP contribution in [0.15, 0.2) is 67.0 Å². The molecule has 0 amide bonds. The molecule has 0 aliphatic carbocycles. The Kier molecular flexibility index (Phi) is 4.70. The number of hydrogen-bond donors (Lipinski definition) is 1. The van der Waals surface area contributed by atoms with Gasteiger partial charge in [0.2, 0.25) is 5.78 Å². The van der Waals surface area contributed by atoms with Crippen LogP contribution in [-0.2, 0) is 12.0 Å². The highest BCUT2D eigenvalue weighted by Crippen LogP contribution is 2.30. The predicted octanol–water partition coefficient (Wildman–Crippen LogP) is 5.80. The molecule has 0 unspecified atom stereocenters. The van der Waals surface area contributed by atoms with E-state index in [2.05, 4.69) is 58.5 Å². The van der Waals surface area contributed by atoms with E-state index in [1.807, 2.05) is 49.5 Å². The lowest BCUT2D eigenvalue weighted by Crippen LogP contribution is -2.12. The quantitative estimate of drug-likeness (QED) is 0.372. The van der Waals surface area contributed by atoms with Gasteiger partial charge in [0, 0.05) is 35.4 Å². The second-order valence-corrected chi connectivity index (χ2v) is 9.38. The first-order valence-corrected chi connectivity index (χ1v) is 10.8. The molecule has 5 aromatic rings. The number of rotatable bonds is 4. The van der Waals surface area contributed by atoms with E-state index in [9.17, 15) is 4.79 Å². The van der Waals surface area contributed by atoms with E-state index in [0.717, 1.165) is 33.3 Å². The summed E-state index contributed by atoms with van der Waals surface area (Å²) in [7, 11) is 0. The molecule has 0 saturated carbocycles. The van der Waals surface area contributed by atoms with Crippen LogP contribution in [0.4, 0.5) is 0 Å². The van der Waals surface area contributed by atoms with Crippen LogP contribution < -0.4 is 0 Å². The van der Waals surface area contributed by atoms with Crippen LogP contribution in [0.2, 0.25) is 0 Å². The molecule has 0 aliphatic rings. The molecule has 5 heteroatoms. The summed E-state index contributed by atoms with van der Waals surface area (Å²) in [6.07, 6.45) is 3.61. The number of carbonyl (C=O) groups excluding carboxylic acids is 1. The highest BCUT2D eigenvalue weighted by molar-refractivity contribution is 6.11. The molecule has 0 spiro atoms. The van der Waals surface area contributed by atoms with E-state index in [1.165, 1.54) is 5.56 Å². The molecule has 0 atom stereocenters. The van der Waals surface area contributed by atoms with Crippen molar-refractivity contribution in [1.29, 1.82) is 0 Å². The maximum absolute atomic E-state index is 13.7. The van der Waals surface area contributed by atoms with Gasteiger partial charge < -0.3 is 9.55 Å². The van der Waals surface area contributed by atoms with Gasteiger partial charge >= 0.3 is 0 Å². The summed E-state index contributed by atoms with van der Waals surface area (Å²) in [5.74, 6) is 0.835. The number of ketones is 1. The summed E-state index contributed by atoms with van der Waals surface area (Å²) < 4.78 is 2.10. The lowest BCUT2D eigenvalue weighted by atomic mass is 9.86. The number of carbonyl (C=O) groups is 1. The van der Waals surface area contributed by atoms with Crippen LogP contribution in [0.1, 0.15) is 53.8 Å². The van der Waals surface area contributed by atoms with Gasteiger partial charge in [0.1, 0.15) is 5.82 Å². The zero-order valence-corrected chi connectivity index (χ0v) is 18.8. The van der Waals surface area contributed by atoms with Crippen molar-refractivity contribution in [3.63, 3.8) is 0 Å². The fraction of sp³-hybridized carbons (Fsp3) is 0.222. The number of nitrogens with one attached hydrogen (secondary N) is 1. The van der Waals surface area contributed by atoms with E-state index in [1.54, 1.807) is 6.20 Å². The molecule has 3 aromatic heterocycles. The van der Waals surface area contributed by atoms with E-state index >= 15 is 0 Å². The van der Waals surface area contributed by atoms with Gasteiger partial charge in [-0.25, -0.2) is 4.98 Å². The van der Waals surface area contributed by atoms with Crippen molar-refractivity contribution in [3.8, 4) is 0 Å². The lowest BCUT2D eigenvalue weighted by molar-refractivity contribution is 0.103. The number of pyridine rings is 1. The molecule has 160 valence electrons. The third-order valence-corrected chi connectivity index (χ3v) is 5.93.